The van der Waals surface area contributed by atoms with Crippen LogP contribution in [0.3, 0.4) is 0 Å². The fourth-order valence-corrected chi connectivity index (χ4v) is 5.93. The first kappa shape index (κ1) is 21.7. The molecule has 3 aliphatic heterocycles. The summed E-state index contributed by atoms with van der Waals surface area (Å²) >= 11 is 0. The lowest BCUT2D eigenvalue weighted by Gasteiger charge is -2.37. The SMILES string of the molecule is O=C(NCC1COC1)C1(c2ccc(CN3CCCCS3(=O)=O)c(F)c2)CCOCC1. The predicted molar refractivity (Wildman–Crippen MR) is 109 cm³/mol. The quantitative estimate of drug-likeness (QED) is 0.726. The highest BCUT2D eigenvalue weighted by molar-refractivity contribution is 7.89. The minimum absolute atomic E-state index is 0.0262. The Morgan fingerprint density at radius 3 is 2.60 bits per heavy atom. The molecule has 4 rings (SSSR count). The van der Waals surface area contributed by atoms with Gasteiger partial charge in [0.25, 0.3) is 0 Å². The summed E-state index contributed by atoms with van der Waals surface area (Å²) in [7, 11) is -3.33. The molecule has 1 N–H and O–H groups in total. The van der Waals surface area contributed by atoms with Crippen LogP contribution in [-0.2, 0) is 36.3 Å². The maximum absolute atomic E-state index is 15.0. The van der Waals surface area contributed by atoms with Crippen molar-refractivity contribution in [2.75, 3.05) is 45.3 Å². The van der Waals surface area contributed by atoms with Crippen molar-refractivity contribution in [3.05, 3.63) is 35.1 Å². The first-order valence-corrected chi connectivity index (χ1v) is 12.2. The third-order valence-corrected chi connectivity index (χ3v) is 8.35. The van der Waals surface area contributed by atoms with Gasteiger partial charge in [-0.1, -0.05) is 12.1 Å². The molecule has 1 aromatic rings. The standard InChI is InChI=1S/C21H29FN2O5S/c22-19-11-18(4-3-17(19)13-24-7-1-2-10-30(24,26)27)21(5-8-28-9-6-21)20(25)23-12-16-14-29-15-16/h3-4,11,16H,1-2,5-10,12-15H2,(H,23,25). The van der Waals surface area contributed by atoms with Gasteiger partial charge in [-0.2, -0.15) is 4.31 Å². The number of halogens is 1. The van der Waals surface area contributed by atoms with Crippen LogP contribution in [0.2, 0.25) is 0 Å². The van der Waals surface area contributed by atoms with Crippen molar-refractivity contribution < 1.29 is 27.1 Å². The summed E-state index contributed by atoms with van der Waals surface area (Å²) in [4.78, 5) is 13.1. The molecule has 0 radical (unpaired) electrons. The molecule has 7 nitrogen and oxygen atoms in total. The van der Waals surface area contributed by atoms with E-state index in [2.05, 4.69) is 5.32 Å². The lowest BCUT2D eigenvalue weighted by molar-refractivity contribution is -0.131. The monoisotopic (exact) mass is 440 g/mol. The fourth-order valence-electron chi connectivity index (χ4n) is 4.36. The van der Waals surface area contributed by atoms with Crippen molar-refractivity contribution >= 4 is 15.9 Å². The summed E-state index contributed by atoms with van der Waals surface area (Å²) < 4.78 is 51.5. The van der Waals surface area contributed by atoms with E-state index in [0.29, 0.717) is 75.8 Å². The van der Waals surface area contributed by atoms with E-state index in [4.69, 9.17) is 9.47 Å². The van der Waals surface area contributed by atoms with E-state index >= 15 is 4.39 Å². The second kappa shape index (κ2) is 8.90. The Labute approximate surface area is 177 Å². The highest BCUT2D eigenvalue weighted by atomic mass is 32.2. The lowest BCUT2D eigenvalue weighted by Crippen LogP contribution is -2.50. The molecule has 3 fully saturated rings. The molecule has 1 amide bonds. The maximum atomic E-state index is 15.0. The van der Waals surface area contributed by atoms with Crippen molar-refractivity contribution in [1.82, 2.24) is 9.62 Å². The normalized spacial score (nSPS) is 24.2. The van der Waals surface area contributed by atoms with E-state index in [0.717, 1.165) is 6.42 Å². The Hall–Kier alpha value is -1.55. The highest BCUT2D eigenvalue weighted by Gasteiger charge is 2.42. The van der Waals surface area contributed by atoms with Crippen LogP contribution in [0, 0.1) is 11.7 Å². The zero-order chi connectivity index (χ0) is 21.2. The Balaban J connectivity index is 1.54. The average molecular weight is 441 g/mol. The van der Waals surface area contributed by atoms with Gasteiger partial charge in [0.1, 0.15) is 5.82 Å². The molecular weight excluding hydrogens is 411 g/mol. The Morgan fingerprint density at radius 2 is 1.97 bits per heavy atom. The number of rotatable bonds is 6. The summed E-state index contributed by atoms with van der Waals surface area (Å²) in [5.41, 5.74) is 0.119. The zero-order valence-corrected chi connectivity index (χ0v) is 17.9. The van der Waals surface area contributed by atoms with E-state index in [9.17, 15) is 13.2 Å². The van der Waals surface area contributed by atoms with E-state index in [-0.39, 0.29) is 18.2 Å². The number of carbonyl (C=O) groups is 1. The van der Waals surface area contributed by atoms with E-state index in [1.807, 2.05) is 0 Å². The van der Waals surface area contributed by atoms with Crippen LogP contribution < -0.4 is 5.32 Å². The lowest BCUT2D eigenvalue weighted by atomic mass is 9.73. The van der Waals surface area contributed by atoms with Crippen molar-refractivity contribution in [3.63, 3.8) is 0 Å². The molecule has 1 aromatic carbocycles. The third kappa shape index (κ3) is 4.39. The summed E-state index contributed by atoms with van der Waals surface area (Å²) in [5.74, 6) is -0.138. The van der Waals surface area contributed by atoms with Crippen molar-refractivity contribution in [3.8, 4) is 0 Å². The molecule has 3 aliphatic rings. The van der Waals surface area contributed by atoms with Gasteiger partial charge >= 0.3 is 0 Å². The van der Waals surface area contributed by atoms with Crippen LogP contribution >= 0.6 is 0 Å². The molecule has 3 saturated heterocycles. The number of ether oxygens (including phenoxy) is 2. The van der Waals surface area contributed by atoms with Gasteiger partial charge in [0.05, 0.1) is 24.4 Å². The number of amides is 1. The summed E-state index contributed by atoms with van der Waals surface area (Å²) in [5, 5.41) is 3.02. The minimum Gasteiger partial charge on any atom is -0.381 e. The van der Waals surface area contributed by atoms with E-state index in [1.54, 1.807) is 12.1 Å². The van der Waals surface area contributed by atoms with Crippen molar-refractivity contribution in [2.24, 2.45) is 5.92 Å². The minimum atomic E-state index is -3.33. The number of hydrogen-bond donors (Lipinski definition) is 1. The van der Waals surface area contributed by atoms with Crippen LogP contribution in [0.5, 0.6) is 0 Å². The topological polar surface area (TPSA) is 84.9 Å². The first-order chi connectivity index (χ1) is 14.4. The van der Waals surface area contributed by atoms with Gasteiger partial charge in [-0.05, 0) is 37.3 Å². The van der Waals surface area contributed by atoms with Crippen molar-refractivity contribution in [1.29, 1.82) is 0 Å². The van der Waals surface area contributed by atoms with Gasteiger partial charge in [-0.3, -0.25) is 4.79 Å². The Morgan fingerprint density at radius 1 is 1.20 bits per heavy atom. The highest BCUT2D eigenvalue weighted by Crippen LogP contribution is 2.36. The van der Waals surface area contributed by atoms with Gasteiger partial charge < -0.3 is 14.8 Å². The van der Waals surface area contributed by atoms with Crippen LogP contribution in [0.1, 0.15) is 36.8 Å². The summed E-state index contributed by atoms with van der Waals surface area (Å²) in [6.45, 7) is 3.17. The number of nitrogens with one attached hydrogen (secondary N) is 1. The van der Waals surface area contributed by atoms with E-state index in [1.165, 1.54) is 10.4 Å². The van der Waals surface area contributed by atoms with Gasteiger partial charge in [-0.25, -0.2) is 12.8 Å². The number of hydrogen-bond acceptors (Lipinski definition) is 5. The third-order valence-electron chi connectivity index (χ3n) is 6.44. The number of benzene rings is 1. The molecule has 0 aromatic heterocycles. The summed E-state index contributed by atoms with van der Waals surface area (Å²) in [6.07, 6.45) is 2.40. The van der Waals surface area contributed by atoms with Crippen LogP contribution in [-0.4, -0.2) is 63.9 Å². The fraction of sp³-hybridized carbons (Fsp3) is 0.667. The van der Waals surface area contributed by atoms with Crippen LogP contribution in [0.25, 0.3) is 0 Å². The van der Waals surface area contributed by atoms with Crippen molar-refractivity contribution in [2.45, 2.75) is 37.6 Å². The van der Waals surface area contributed by atoms with Gasteiger partial charge in [0, 0.05) is 44.3 Å². The molecule has 166 valence electrons. The molecule has 0 bridgehead atoms. The van der Waals surface area contributed by atoms with Gasteiger partial charge in [-0.15, -0.1) is 0 Å². The molecule has 30 heavy (non-hydrogen) atoms. The maximum Gasteiger partial charge on any atom is 0.230 e. The smallest absolute Gasteiger partial charge is 0.230 e. The first-order valence-electron chi connectivity index (χ1n) is 10.6. The number of sulfonamides is 1. The number of nitrogens with zero attached hydrogens (tertiary/aromatic N) is 1. The van der Waals surface area contributed by atoms with Crippen LogP contribution in [0.4, 0.5) is 4.39 Å². The second-order valence-corrected chi connectivity index (χ2v) is 10.6. The van der Waals surface area contributed by atoms with Crippen LogP contribution in [0.15, 0.2) is 18.2 Å². The molecule has 0 spiro atoms. The summed E-state index contributed by atoms with van der Waals surface area (Å²) in [6, 6.07) is 4.80. The molecule has 9 heteroatoms. The van der Waals surface area contributed by atoms with Gasteiger partial charge in [0.15, 0.2) is 0 Å². The molecule has 0 unspecified atom stereocenters. The molecule has 0 saturated carbocycles. The largest absolute Gasteiger partial charge is 0.381 e. The zero-order valence-electron chi connectivity index (χ0n) is 17.1. The van der Waals surface area contributed by atoms with E-state index < -0.39 is 21.3 Å². The average Bonchev–Trinajstić information content (AvgIpc) is 2.70. The Kier molecular flexibility index (Phi) is 6.43. The molecule has 0 atom stereocenters. The Bertz CT molecular complexity index is 881. The molecule has 3 heterocycles. The molecule has 0 aliphatic carbocycles. The predicted octanol–water partition coefficient (Wildman–Crippen LogP) is 1.56. The molecular formula is C21H29FN2O5S. The second-order valence-electron chi connectivity index (χ2n) is 8.47. The van der Waals surface area contributed by atoms with Gasteiger partial charge in [0.2, 0.25) is 15.9 Å². The number of carbonyl (C=O) groups excluding carboxylic acids is 1.